The Morgan fingerprint density at radius 1 is 1.22 bits per heavy atom. The number of carbonyl (C=O) groups is 2. The number of hydrogen-bond donors (Lipinski definition) is 1. The summed E-state index contributed by atoms with van der Waals surface area (Å²) in [5, 5.41) is 3.64. The summed E-state index contributed by atoms with van der Waals surface area (Å²) in [6.45, 7) is 8.97. The van der Waals surface area contributed by atoms with Gasteiger partial charge in [-0.15, -0.1) is 0 Å². The molecule has 0 aliphatic carbocycles. The van der Waals surface area contributed by atoms with Crippen molar-refractivity contribution in [2.24, 2.45) is 5.92 Å². The van der Waals surface area contributed by atoms with Gasteiger partial charge in [0.25, 0.3) is 5.91 Å². The highest BCUT2D eigenvalue weighted by atomic mass is 16.7. The molecule has 1 atom stereocenters. The number of amides is 2. The fourth-order valence-corrected chi connectivity index (χ4v) is 1.23. The fraction of sp³-hybridized carbons (Fsp3) is 0.833. The smallest absolute Gasteiger partial charge is 0.408 e. The largest absolute Gasteiger partial charge is 0.444 e. The number of likely N-dealkylation sites (N-methyl/N-ethyl adjacent to an activating group) is 1. The van der Waals surface area contributed by atoms with E-state index in [2.05, 4.69) is 5.32 Å². The van der Waals surface area contributed by atoms with Crippen LogP contribution in [0.25, 0.3) is 0 Å². The molecule has 0 heterocycles. The van der Waals surface area contributed by atoms with Crippen LogP contribution in [0.3, 0.4) is 0 Å². The quantitative estimate of drug-likeness (QED) is 0.779. The van der Waals surface area contributed by atoms with E-state index < -0.39 is 17.7 Å². The van der Waals surface area contributed by atoms with Gasteiger partial charge in [0.15, 0.2) is 0 Å². The summed E-state index contributed by atoms with van der Waals surface area (Å²) in [6.07, 6.45) is -0.612. The summed E-state index contributed by atoms with van der Waals surface area (Å²) in [6, 6.07) is -0.676. The molecular weight excluding hydrogens is 236 g/mol. The van der Waals surface area contributed by atoms with E-state index in [0.717, 1.165) is 5.06 Å². The molecule has 106 valence electrons. The molecule has 6 nitrogen and oxygen atoms in total. The summed E-state index contributed by atoms with van der Waals surface area (Å²) in [4.78, 5) is 28.4. The number of nitrogens with one attached hydrogen (secondary N) is 1. The number of hydroxylamine groups is 2. The van der Waals surface area contributed by atoms with Gasteiger partial charge in [-0.2, -0.15) is 0 Å². The van der Waals surface area contributed by atoms with E-state index >= 15 is 0 Å². The summed E-state index contributed by atoms with van der Waals surface area (Å²) < 4.78 is 5.12. The SMILES string of the molecule is CON(C)C(=O)C(NC(=O)OC(C)(C)C)C(C)C. The minimum atomic E-state index is -0.676. The van der Waals surface area contributed by atoms with Crippen molar-refractivity contribution in [2.45, 2.75) is 46.3 Å². The Bertz CT molecular complexity index is 297. The van der Waals surface area contributed by atoms with Gasteiger partial charge in [0, 0.05) is 7.05 Å². The van der Waals surface area contributed by atoms with Crippen LogP contribution in [0.15, 0.2) is 0 Å². The lowest BCUT2D eigenvalue weighted by atomic mass is 10.0. The Balaban J connectivity index is 4.65. The summed E-state index contributed by atoms with van der Waals surface area (Å²) in [5.74, 6) is -0.388. The van der Waals surface area contributed by atoms with E-state index in [4.69, 9.17) is 9.57 Å². The Morgan fingerprint density at radius 2 is 1.72 bits per heavy atom. The maximum atomic E-state index is 11.9. The average Bonchev–Trinajstić information content (AvgIpc) is 2.20. The van der Waals surface area contributed by atoms with E-state index in [9.17, 15) is 9.59 Å². The summed E-state index contributed by atoms with van der Waals surface area (Å²) in [5.41, 5.74) is -0.595. The third-order valence-corrected chi connectivity index (χ3v) is 2.19. The van der Waals surface area contributed by atoms with Gasteiger partial charge in [-0.05, 0) is 26.7 Å². The van der Waals surface area contributed by atoms with Gasteiger partial charge in [0.05, 0.1) is 7.11 Å². The molecule has 0 aromatic carbocycles. The standard InChI is InChI=1S/C12H24N2O4/c1-8(2)9(10(15)14(6)17-7)13-11(16)18-12(3,4)5/h8-9H,1-7H3,(H,13,16). The molecule has 1 unspecified atom stereocenters. The van der Waals surface area contributed by atoms with Gasteiger partial charge in [-0.25, -0.2) is 9.86 Å². The topological polar surface area (TPSA) is 67.9 Å². The maximum Gasteiger partial charge on any atom is 0.408 e. The number of hydrogen-bond acceptors (Lipinski definition) is 4. The molecule has 0 saturated heterocycles. The number of rotatable bonds is 4. The Hall–Kier alpha value is -1.30. The molecule has 0 aliphatic heterocycles. The molecule has 6 heteroatoms. The van der Waals surface area contributed by atoms with Gasteiger partial charge in [-0.1, -0.05) is 13.8 Å². The van der Waals surface area contributed by atoms with Crippen LogP contribution in [-0.2, 0) is 14.4 Å². The van der Waals surface area contributed by atoms with Gasteiger partial charge in [0.1, 0.15) is 11.6 Å². The van der Waals surface area contributed by atoms with Crippen LogP contribution in [0.4, 0.5) is 4.79 Å². The molecule has 0 aromatic heterocycles. The van der Waals surface area contributed by atoms with Crippen molar-refractivity contribution in [3.63, 3.8) is 0 Å². The molecule has 18 heavy (non-hydrogen) atoms. The second kappa shape index (κ2) is 6.58. The van der Waals surface area contributed by atoms with E-state index in [1.54, 1.807) is 20.8 Å². The van der Waals surface area contributed by atoms with Crippen LogP contribution in [0, 0.1) is 5.92 Å². The van der Waals surface area contributed by atoms with Crippen molar-refractivity contribution >= 4 is 12.0 Å². The van der Waals surface area contributed by atoms with Crippen molar-refractivity contribution in [1.82, 2.24) is 10.4 Å². The van der Waals surface area contributed by atoms with Crippen LogP contribution < -0.4 is 5.32 Å². The van der Waals surface area contributed by atoms with E-state index in [1.807, 2.05) is 13.8 Å². The molecule has 1 N–H and O–H groups in total. The van der Waals surface area contributed by atoms with Crippen LogP contribution in [0.2, 0.25) is 0 Å². The number of ether oxygens (including phenoxy) is 1. The van der Waals surface area contributed by atoms with Crippen molar-refractivity contribution in [2.75, 3.05) is 14.2 Å². The molecule has 0 aromatic rings. The highest BCUT2D eigenvalue weighted by Gasteiger charge is 2.29. The zero-order chi connectivity index (χ0) is 14.5. The maximum absolute atomic E-state index is 11.9. The van der Waals surface area contributed by atoms with E-state index in [0.29, 0.717) is 0 Å². The molecule has 2 amide bonds. The molecule has 0 aliphatic rings. The van der Waals surface area contributed by atoms with Crippen molar-refractivity contribution in [3.8, 4) is 0 Å². The number of nitrogens with zero attached hydrogens (tertiary/aromatic N) is 1. The predicted octanol–water partition coefficient (Wildman–Crippen LogP) is 1.56. The Labute approximate surface area is 109 Å². The van der Waals surface area contributed by atoms with E-state index in [1.165, 1.54) is 14.2 Å². The van der Waals surface area contributed by atoms with Crippen molar-refractivity contribution < 1.29 is 19.2 Å². The first kappa shape index (κ1) is 16.7. The van der Waals surface area contributed by atoms with Gasteiger partial charge in [0.2, 0.25) is 0 Å². The van der Waals surface area contributed by atoms with Gasteiger partial charge in [-0.3, -0.25) is 9.63 Å². The second-order valence-electron chi connectivity index (χ2n) is 5.39. The van der Waals surface area contributed by atoms with Crippen molar-refractivity contribution in [3.05, 3.63) is 0 Å². The first-order valence-corrected chi connectivity index (χ1v) is 5.89. The minimum absolute atomic E-state index is 0.0670. The lowest BCUT2D eigenvalue weighted by Crippen LogP contribution is -2.51. The first-order valence-electron chi connectivity index (χ1n) is 5.89. The summed E-state index contributed by atoms with van der Waals surface area (Å²) in [7, 11) is 2.89. The lowest BCUT2D eigenvalue weighted by Gasteiger charge is -2.27. The first-order chi connectivity index (χ1) is 8.08. The summed E-state index contributed by atoms with van der Waals surface area (Å²) >= 11 is 0. The fourth-order valence-electron chi connectivity index (χ4n) is 1.23. The Kier molecular flexibility index (Phi) is 6.11. The second-order valence-corrected chi connectivity index (χ2v) is 5.39. The van der Waals surface area contributed by atoms with Gasteiger partial charge < -0.3 is 10.1 Å². The average molecular weight is 260 g/mol. The highest BCUT2D eigenvalue weighted by molar-refractivity contribution is 5.85. The molecule has 0 saturated carbocycles. The Morgan fingerprint density at radius 3 is 2.06 bits per heavy atom. The zero-order valence-corrected chi connectivity index (χ0v) is 12.2. The van der Waals surface area contributed by atoms with Crippen LogP contribution >= 0.6 is 0 Å². The third kappa shape index (κ3) is 5.86. The number of carbonyl (C=O) groups excluding carboxylic acids is 2. The van der Waals surface area contributed by atoms with Crippen LogP contribution in [-0.4, -0.2) is 42.9 Å². The van der Waals surface area contributed by atoms with Gasteiger partial charge >= 0.3 is 6.09 Å². The number of alkyl carbamates (subject to hydrolysis) is 1. The van der Waals surface area contributed by atoms with E-state index in [-0.39, 0.29) is 11.8 Å². The molecule has 0 rings (SSSR count). The monoisotopic (exact) mass is 260 g/mol. The third-order valence-electron chi connectivity index (χ3n) is 2.19. The molecule has 0 spiro atoms. The molecule has 0 bridgehead atoms. The molecule has 0 radical (unpaired) electrons. The lowest BCUT2D eigenvalue weighted by molar-refractivity contribution is -0.172. The predicted molar refractivity (Wildman–Crippen MR) is 67.8 cm³/mol. The van der Waals surface area contributed by atoms with Crippen molar-refractivity contribution in [1.29, 1.82) is 0 Å². The molecular formula is C12H24N2O4. The van der Waals surface area contributed by atoms with Crippen LogP contribution in [0.5, 0.6) is 0 Å². The normalized spacial score (nSPS) is 13.1. The highest BCUT2D eigenvalue weighted by Crippen LogP contribution is 2.10. The molecule has 0 fully saturated rings. The zero-order valence-electron chi connectivity index (χ0n) is 12.2. The van der Waals surface area contributed by atoms with Crippen LogP contribution in [0.1, 0.15) is 34.6 Å². The minimum Gasteiger partial charge on any atom is -0.444 e.